The number of halogens is 1. The van der Waals surface area contributed by atoms with Crippen LogP contribution >= 0.6 is 22.9 Å². The number of hydrogen-bond donors (Lipinski definition) is 2. The molecule has 0 bridgehead atoms. The Balaban J connectivity index is 1.49. The van der Waals surface area contributed by atoms with E-state index in [0.717, 1.165) is 46.1 Å². The van der Waals surface area contributed by atoms with Crippen LogP contribution in [0.25, 0.3) is 10.8 Å². The lowest BCUT2D eigenvalue weighted by molar-refractivity contribution is 0.447. The van der Waals surface area contributed by atoms with Crippen LogP contribution in [-0.2, 0) is 6.42 Å². The zero-order valence-electron chi connectivity index (χ0n) is 14.5. The van der Waals surface area contributed by atoms with E-state index in [0.29, 0.717) is 21.7 Å². The van der Waals surface area contributed by atoms with Crippen LogP contribution in [0.5, 0.6) is 17.5 Å². The van der Waals surface area contributed by atoms with Gasteiger partial charge in [-0.3, -0.25) is 9.78 Å². The normalized spacial score (nSPS) is 15.7. The molecule has 2 N–H and O–H groups in total. The molecule has 0 fully saturated rings. The van der Waals surface area contributed by atoms with Crippen molar-refractivity contribution in [3.05, 3.63) is 73.3 Å². The largest absolute Gasteiger partial charge is 0.494 e. The van der Waals surface area contributed by atoms with Gasteiger partial charge >= 0.3 is 4.87 Å². The monoisotopic (exact) mass is 411 g/mol. The molecular weight excluding hydrogens is 398 g/mol. The number of hydrogen-bond acceptors (Lipinski definition) is 6. The van der Waals surface area contributed by atoms with Crippen molar-refractivity contribution in [2.75, 3.05) is 0 Å². The summed E-state index contributed by atoms with van der Waals surface area (Å²) in [5.74, 6) is 1.05. The fraction of sp³-hybridized carbons (Fsp3) is 0.150. The lowest BCUT2D eigenvalue weighted by Gasteiger charge is -2.11. The molecule has 140 valence electrons. The van der Waals surface area contributed by atoms with Crippen LogP contribution in [0.3, 0.4) is 0 Å². The number of thiazole rings is 1. The molecule has 0 saturated heterocycles. The number of aromatic amines is 1. The minimum absolute atomic E-state index is 0.0177. The van der Waals surface area contributed by atoms with E-state index < -0.39 is 0 Å². The first-order valence-corrected chi connectivity index (χ1v) is 9.93. The molecule has 2 heterocycles. The topological polar surface area (TPSA) is 88.1 Å². The number of benzene rings is 2. The van der Waals surface area contributed by atoms with E-state index in [9.17, 15) is 9.90 Å². The van der Waals surface area contributed by atoms with Crippen molar-refractivity contribution in [1.29, 1.82) is 0 Å². The van der Waals surface area contributed by atoms with Gasteiger partial charge in [-0.15, -0.1) is 10.2 Å². The quantitative estimate of drug-likeness (QED) is 0.514. The van der Waals surface area contributed by atoms with Crippen LogP contribution in [0.4, 0.5) is 0 Å². The summed E-state index contributed by atoms with van der Waals surface area (Å²) in [5.41, 5.74) is 2.24. The van der Waals surface area contributed by atoms with Crippen molar-refractivity contribution in [1.82, 2.24) is 15.2 Å². The first-order valence-electron chi connectivity index (χ1n) is 8.73. The standard InChI is InChI=1S/C20H14ClN3O3S/c21-17-14-3-1-2-4-15(14)19(24-23-17)27-11-6-8-12-10(9-11)5-7-13(12)16-18(25)22-20(26)28-16/h1-4,6,8-9,13,25H,5,7H2,(H,22,26)/t13-/m1/s1. The minimum Gasteiger partial charge on any atom is -0.494 e. The molecule has 5 rings (SSSR count). The van der Waals surface area contributed by atoms with E-state index in [1.54, 1.807) is 0 Å². The maximum Gasteiger partial charge on any atom is 0.307 e. The summed E-state index contributed by atoms with van der Waals surface area (Å²) >= 11 is 7.19. The van der Waals surface area contributed by atoms with Gasteiger partial charge in [0.2, 0.25) is 11.8 Å². The van der Waals surface area contributed by atoms with Crippen molar-refractivity contribution in [3.8, 4) is 17.5 Å². The lowest BCUT2D eigenvalue weighted by Crippen LogP contribution is -1.96. The van der Waals surface area contributed by atoms with Crippen molar-refractivity contribution >= 4 is 33.7 Å². The zero-order chi connectivity index (χ0) is 19.3. The first-order chi connectivity index (χ1) is 13.6. The summed E-state index contributed by atoms with van der Waals surface area (Å²) in [5, 5.41) is 20.0. The van der Waals surface area contributed by atoms with Gasteiger partial charge in [0.1, 0.15) is 5.75 Å². The molecule has 0 aliphatic heterocycles. The van der Waals surface area contributed by atoms with E-state index in [4.69, 9.17) is 16.3 Å². The van der Waals surface area contributed by atoms with E-state index in [-0.39, 0.29) is 16.7 Å². The summed E-state index contributed by atoms with van der Waals surface area (Å²) in [6.07, 6.45) is 1.68. The number of aromatic nitrogens is 3. The van der Waals surface area contributed by atoms with Gasteiger partial charge in [-0.1, -0.05) is 47.2 Å². The van der Waals surface area contributed by atoms with E-state index >= 15 is 0 Å². The van der Waals surface area contributed by atoms with Gasteiger partial charge < -0.3 is 9.84 Å². The van der Waals surface area contributed by atoms with E-state index in [1.165, 1.54) is 0 Å². The van der Waals surface area contributed by atoms with Gasteiger partial charge in [-0.2, -0.15) is 0 Å². The van der Waals surface area contributed by atoms with Crippen molar-refractivity contribution in [3.63, 3.8) is 0 Å². The fourth-order valence-electron chi connectivity index (χ4n) is 3.73. The number of fused-ring (bicyclic) bond motifs is 2. The van der Waals surface area contributed by atoms with E-state index in [1.807, 2.05) is 42.5 Å². The summed E-state index contributed by atoms with van der Waals surface area (Å²) in [7, 11) is 0. The highest BCUT2D eigenvalue weighted by Crippen LogP contribution is 2.43. The van der Waals surface area contributed by atoms with Crippen LogP contribution in [0.15, 0.2) is 47.3 Å². The van der Waals surface area contributed by atoms with Crippen molar-refractivity contribution in [2.45, 2.75) is 18.8 Å². The molecule has 0 unspecified atom stereocenters. The summed E-state index contributed by atoms with van der Waals surface area (Å²) in [4.78, 5) is 14.4. The maximum atomic E-state index is 11.5. The Morgan fingerprint density at radius 3 is 2.79 bits per heavy atom. The Hall–Kier alpha value is -2.90. The van der Waals surface area contributed by atoms with Gasteiger partial charge in [-0.05, 0) is 42.2 Å². The number of rotatable bonds is 3. The van der Waals surface area contributed by atoms with Crippen LogP contribution < -0.4 is 9.61 Å². The number of ether oxygens (including phenoxy) is 1. The molecule has 6 nitrogen and oxygen atoms in total. The average molecular weight is 412 g/mol. The molecule has 4 aromatic rings. The fourth-order valence-corrected chi connectivity index (χ4v) is 4.82. The van der Waals surface area contributed by atoms with Crippen LogP contribution in [0.1, 0.15) is 28.3 Å². The Kier molecular flexibility index (Phi) is 4.07. The summed E-state index contributed by atoms with van der Waals surface area (Å²) < 4.78 is 6.01. The van der Waals surface area contributed by atoms with Crippen LogP contribution in [0, 0.1) is 0 Å². The summed E-state index contributed by atoms with van der Waals surface area (Å²) in [6.45, 7) is 0. The number of nitrogens with one attached hydrogen (secondary N) is 1. The second-order valence-corrected chi connectivity index (χ2v) is 8.00. The Labute approximate surface area is 168 Å². The van der Waals surface area contributed by atoms with Crippen LogP contribution in [-0.4, -0.2) is 20.3 Å². The highest BCUT2D eigenvalue weighted by Gasteiger charge is 2.28. The molecule has 2 aromatic carbocycles. The average Bonchev–Trinajstić information content (AvgIpc) is 3.26. The predicted molar refractivity (Wildman–Crippen MR) is 108 cm³/mol. The molecular formula is C20H14ClN3O3S. The Bertz CT molecular complexity index is 1270. The molecule has 0 spiro atoms. The van der Waals surface area contributed by atoms with Gasteiger partial charge in [0.15, 0.2) is 5.15 Å². The van der Waals surface area contributed by atoms with Gasteiger partial charge in [-0.25, -0.2) is 0 Å². The maximum absolute atomic E-state index is 11.5. The molecule has 2 aromatic heterocycles. The van der Waals surface area contributed by atoms with E-state index in [2.05, 4.69) is 15.2 Å². The van der Waals surface area contributed by atoms with Gasteiger partial charge in [0, 0.05) is 16.7 Å². The third-order valence-corrected chi connectivity index (χ3v) is 6.25. The van der Waals surface area contributed by atoms with Gasteiger partial charge in [0.25, 0.3) is 0 Å². The molecule has 0 saturated carbocycles. The third-order valence-electron chi connectivity index (χ3n) is 4.99. The Morgan fingerprint density at radius 1 is 1.18 bits per heavy atom. The third kappa shape index (κ3) is 2.83. The SMILES string of the molecule is O=c1[nH]c(O)c([C@@H]2CCc3cc(Oc4nnc(Cl)c5ccccc45)ccc32)s1. The summed E-state index contributed by atoms with van der Waals surface area (Å²) in [6, 6.07) is 13.4. The highest BCUT2D eigenvalue weighted by molar-refractivity contribution is 7.09. The zero-order valence-corrected chi connectivity index (χ0v) is 16.0. The minimum atomic E-state index is -0.242. The Morgan fingerprint density at radius 2 is 2.00 bits per heavy atom. The first kappa shape index (κ1) is 17.2. The molecule has 28 heavy (non-hydrogen) atoms. The highest BCUT2D eigenvalue weighted by atomic mass is 35.5. The second kappa shape index (κ2) is 6.61. The number of H-pyrrole nitrogens is 1. The smallest absolute Gasteiger partial charge is 0.307 e. The molecule has 0 radical (unpaired) electrons. The second-order valence-electron chi connectivity index (χ2n) is 6.62. The number of aryl methyl sites for hydroxylation is 1. The molecule has 1 aliphatic rings. The number of nitrogens with zero attached hydrogens (tertiary/aromatic N) is 2. The van der Waals surface area contributed by atoms with Crippen molar-refractivity contribution in [2.24, 2.45) is 0 Å². The molecule has 1 aliphatic carbocycles. The predicted octanol–water partition coefficient (Wildman–Crippen LogP) is 4.61. The van der Waals surface area contributed by atoms with Crippen molar-refractivity contribution < 1.29 is 9.84 Å². The number of aromatic hydroxyl groups is 1. The lowest BCUT2D eigenvalue weighted by atomic mass is 10.00. The van der Waals surface area contributed by atoms with Crippen LogP contribution in [0.2, 0.25) is 5.15 Å². The van der Waals surface area contributed by atoms with Gasteiger partial charge in [0.05, 0.1) is 4.88 Å². The molecule has 1 atom stereocenters. The molecule has 8 heteroatoms. The molecule has 0 amide bonds.